The molecular weight excluding hydrogens is 398 g/mol. The number of nitrogens with zero attached hydrogens (tertiary/aromatic N) is 2. The van der Waals surface area contributed by atoms with E-state index in [1.165, 1.54) is 12.1 Å². The van der Waals surface area contributed by atoms with Gasteiger partial charge in [0.25, 0.3) is 11.8 Å². The van der Waals surface area contributed by atoms with Gasteiger partial charge in [0.2, 0.25) is 0 Å². The lowest BCUT2D eigenvalue weighted by Gasteiger charge is -2.30. The van der Waals surface area contributed by atoms with E-state index in [2.05, 4.69) is 25.8 Å². The number of carbonyl (C=O) groups excluding carboxylic acids is 2. The van der Waals surface area contributed by atoms with Gasteiger partial charge in [-0.05, 0) is 30.3 Å². The van der Waals surface area contributed by atoms with Crippen molar-refractivity contribution >= 4 is 28.9 Å². The monoisotopic (exact) mass is 421 g/mol. The Bertz CT molecular complexity index is 1080. The SMILES string of the molecule is COc1cccc(NC(=O)c2ccc(C(=O)Nc3cnccc3N3CCNCC3)o2)c1. The molecule has 0 saturated carbocycles. The third kappa shape index (κ3) is 4.84. The van der Waals surface area contributed by atoms with Crippen molar-refractivity contribution in [2.75, 3.05) is 48.8 Å². The van der Waals surface area contributed by atoms with Gasteiger partial charge in [0, 0.05) is 44.1 Å². The number of ether oxygens (including phenoxy) is 1. The number of anilines is 3. The molecule has 1 fully saturated rings. The second-order valence-electron chi connectivity index (χ2n) is 6.93. The van der Waals surface area contributed by atoms with Crippen molar-refractivity contribution in [1.82, 2.24) is 10.3 Å². The van der Waals surface area contributed by atoms with Crippen LogP contribution in [-0.2, 0) is 0 Å². The Morgan fingerprint density at radius 2 is 1.81 bits per heavy atom. The molecule has 1 aliphatic heterocycles. The van der Waals surface area contributed by atoms with Crippen LogP contribution in [-0.4, -0.2) is 50.1 Å². The predicted molar refractivity (Wildman–Crippen MR) is 117 cm³/mol. The highest BCUT2D eigenvalue weighted by Gasteiger charge is 2.19. The fourth-order valence-corrected chi connectivity index (χ4v) is 3.32. The summed E-state index contributed by atoms with van der Waals surface area (Å²) in [5.74, 6) is -0.235. The van der Waals surface area contributed by atoms with E-state index >= 15 is 0 Å². The summed E-state index contributed by atoms with van der Waals surface area (Å²) < 4.78 is 10.6. The highest BCUT2D eigenvalue weighted by atomic mass is 16.5. The lowest BCUT2D eigenvalue weighted by Crippen LogP contribution is -2.43. The van der Waals surface area contributed by atoms with Crippen molar-refractivity contribution in [3.05, 3.63) is 66.4 Å². The van der Waals surface area contributed by atoms with Gasteiger partial charge in [-0.25, -0.2) is 0 Å². The van der Waals surface area contributed by atoms with Gasteiger partial charge in [-0.1, -0.05) is 6.07 Å². The summed E-state index contributed by atoms with van der Waals surface area (Å²) in [4.78, 5) is 31.5. The van der Waals surface area contributed by atoms with Gasteiger partial charge in [0.1, 0.15) is 5.75 Å². The molecule has 9 heteroatoms. The standard InChI is InChI=1S/C22H23N5O4/c1-30-16-4-2-3-15(13-16)25-21(28)19-5-6-20(31-19)22(29)26-17-14-24-8-7-18(17)27-11-9-23-10-12-27/h2-8,13-14,23H,9-12H2,1H3,(H,25,28)(H,26,29). The first-order valence-corrected chi connectivity index (χ1v) is 9.90. The van der Waals surface area contributed by atoms with E-state index in [4.69, 9.17) is 9.15 Å². The van der Waals surface area contributed by atoms with Crippen molar-refractivity contribution in [3.63, 3.8) is 0 Å². The third-order valence-corrected chi connectivity index (χ3v) is 4.89. The number of aromatic nitrogens is 1. The molecule has 2 amide bonds. The minimum absolute atomic E-state index is 0.0292. The normalized spacial score (nSPS) is 13.5. The molecule has 0 aliphatic carbocycles. The van der Waals surface area contributed by atoms with Crippen LogP contribution in [0.5, 0.6) is 5.75 Å². The van der Waals surface area contributed by atoms with Crippen LogP contribution < -0.4 is 25.6 Å². The van der Waals surface area contributed by atoms with Crippen LogP contribution in [0.25, 0.3) is 0 Å². The number of nitrogens with one attached hydrogen (secondary N) is 3. The number of benzene rings is 1. The second-order valence-corrected chi connectivity index (χ2v) is 6.93. The zero-order valence-corrected chi connectivity index (χ0v) is 17.1. The first-order chi connectivity index (χ1) is 15.1. The van der Waals surface area contributed by atoms with Crippen molar-refractivity contribution < 1.29 is 18.7 Å². The molecular formula is C22H23N5O4. The summed E-state index contributed by atoms with van der Waals surface area (Å²) in [6, 6.07) is 11.8. The van der Waals surface area contributed by atoms with E-state index in [0.717, 1.165) is 31.9 Å². The molecule has 0 spiro atoms. The average molecular weight is 421 g/mol. The number of hydrogen-bond acceptors (Lipinski definition) is 7. The van der Waals surface area contributed by atoms with Gasteiger partial charge < -0.3 is 30.0 Å². The fourth-order valence-electron chi connectivity index (χ4n) is 3.32. The molecule has 3 aromatic rings. The number of methoxy groups -OCH3 is 1. The number of piperazine rings is 1. The molecule has 0 bridgehead atoms. The zero-order valence-electron chi connectivity index (χ0n) is 17.1. The summed E-state index contributed by atoms with van der Waals surface area (Å²) in [5, 5.41) is 8.86. The number of furan rings is 1. The molecule has 1 aliphatic rings. The maximum absolute atomic E-state index is 12.7. The molecule has 4 rings (SSSR count). The van der Waals surface area contributed by atoms with Crippen molar-refractivity contribution in [1.29, 1.82) is 0 Å². The summed E-state index contributed by atoms with van der Waals surface area (Å²) in [5.41, 5.74) is 2.04. The number of rotatable bonds is 6. The summed E-state index contributed by atoms with van der Waals surface area (Å²) >= 11 is 0. The predicted octanol–water partition coefficient (Wildman–Crippen LogP) is 2.60. The molecule has 9 nitrogen and oxygen atoms in total. The number of pyridine rings is 1. The molecule has 31 heavy (non-hydrogen) atoms. The topological polar surface area (TPSA) is 109 Å². The Kier molecular flexibility index (Phi) is 6.13. The van der Waals surface area contributed by atoms with Crippen LogP contribution in [0.3, 0.4) is 0 Å². The summed E-state index contributed by atoms with van der Waals surface area (Å²) in [6.07, 6.45) is 3.30. The number of hydrogen-bond donors (Lipinski definition) is 3. The van der Waals surface area contributed by atoms with E-state index in [1.54, 1.807) is 43.8 Å². The Labute approximate surface area is 179 Å². The van der Waals surface area contributed by atoms with Crippen LogP contribution in [0.1, 0.15) is 21.1 Å². The van der Waals surface area contributed by atoms with Gasteiger partial charge in [-0.15, -0.1) is 0 Å². The molecule has 1 aromatic carbocycles. The first kappa shape index (κ1) is 20.4. The molecule has 3 heterocycles. The Balaban J connectivity index is 1.44. The maximum atomic E-state index is 12.7. The van der Waals surface area contributed by atoms with Crippen LogP contribution in [0.4, 0.5) is 17.1 Å². The van der Waals surface area contributed by atoms with E-state index in [-0.39, 0.29) is 11.5 Å². The van der Waals surface area contributed by atoms with Gasteiger partial charge in [-0.2, -0.15) is 0 Å². The number of carbonyl (C=O) groups is 2. The highest BCUT2D eigenvalue weighted by molar-refractivity contribution is 6.06. The minimum Gasteiger partial charge on any atom is -0.497 e. The smallest absolute Gasteiger partial charge is 0.291 e. The highest BCUT2D eigenvalue weighted by Crippen LogP contribution is 2.26. The van der Waals surface area contributed by atoms with Crippen molar-refractivity contribution in [3.8, 4) is 5.75 Å². The lowest BCUT2D eigenvalue weighted by molar-refractivity contribution is 0.0974. The Hall–Kier alpha value is -3.85. The van der Waals surface area contributed by atoms with Crippen LogP contribution in [0.15, 0.2) is 59.3 Å². The molecule has 0 radical (unpaired) electrons. The summed E-state index contributed by atoms with van der Waals surface area (Å²) in [6.45, 7) is 3.42. The van der Waals surface area contributed by atoms with Crippen molar-refractivity contribution in [2.45, 2.75) is 0 Å². The maximum Gasteiger partial charge on any atom is 0.291 e. The number of amides is 2. The van der Waals surface area contributed by atoms with Gasteiger partial charge >= 0.3 is 0 Å². The quantitative estimate of drug-likeness (QED) is 0.561. The zero-order chi connectivity index (χ0) is 21.6. The largest absolute Gasteiger partial charge is 0.497 e. The van der Waals surface area contributed by atoms with Gasteiger partial charge in [-0.3, -0.25) is 14.6 Å². The molecule has 0 unspecified atom stereocenters. The molecule has 3 N–H and O–H groups in total. The van der Waals surface area contributed by atoms with Crippen molar-refractivity contribution in [2.24, 2.45) is 0 Å². The fraction of sp³-hybridized carbons (Fsp3) is 0.227. The molecule has 160 valence electrons. The van der Waals surface area contributed by atoms with E-state index in [1.807, 2.05) is 6.07 Å². The van der Waals surface area contributed by atoms with Crippen LogP contribution >= 0.6 is 0 Å². The molecule has 0 atom stereocenters. The minimum atomic E-state index is -0.463. The third-order valence-electron chi connectivity index (χ3n) is 4.89. The first-order valence-electron chi connectivity index (χ1n) is 9.90. The van der Waals surface area contributed by atoms with Gasteiger partial charge in [0.05, 0.1) is 24.7 Å². The van der Waals surface area contributed by atoms with Gasteiger partial charge in [0.15, 0.2) is 11.5 Å². The second kappa shape index (κ2) is 9.31. The Morgan fingerprint density at radius 1 is 1.06 bits per heavy atom. The molecule has 1 saturated heterocycles. The summed E-state index contributed by atoms with van der Waals surface area (Å²) in [7, 11) is 1.55. The average Bonchev–Trinajstić information content (AvgIpc) is 3.31. The van der Waals surface area contributed by atoms with E-state index in [0.29, 0.717) is 17.1 Å². The van der Waals surface area contributed by atoms with E-state index in [9.17, 15) is 9.59 Å². The molecule has 2 aromatic heterocycles. The Morgan fingerprint density at radius 3 is 2.55 bits per heavy atom. The van der Waals surface area contributed by atoms with E-state index < -0.39 is 11.8 Å². The lowest BCUT2D eigenvalue weighted by atomic mass is 10.2. The van der Waals surface area contributed by atoms with Crippen LogP contribution in [0, 0.1) is 0 Å². The van der Waals surface area contributed by atoms with Crippen LogP contribution in [0.2, 0.25) is 0 Å².